The lowest BCUT2D eigenvalue weighted by Gasteiger charge is -2.07. The van der Waals surface area contributed by atoms with Crippen LogP contribution in [0.1, 0.15) is 0 Å². The van der Waals surface area contributed by atoms with Crippen LogP contribution in [-0.2, 0) is 0 Å². The molecule has 0 fully saturated rings. The van der Waals surface area contributed by atoms with E-state index >= 15 is 0 Å². The van der Waals surface area contributed by atoms with E-state index in [4.69, 9.17) is 10.5 Å². The van der Waals surface area contributed by atoms with Gasteiger partial charge in [0.25, 0.3) is 0 Å². The number of hydrogen-bond acceptors (Lipinski definition) is 4. The Bertz CT molecular complexity index is 955. The van der Waals surface area contributed by atoms with Gasteiger partial charge in [-0.3, -0.25) is 4.57 Å². The second-order valence-electron chi connectivity index (χ2n) is 4.78. The zero-order valence-electron chi connectivity index (χ0n) is 11.4. The Balaban J connectivity index is 2.03. The molecule has 0 aliphatic heterocycles. The number of nitrogens with zero attached hydrogens (tertiary/aromatic N) is 2. The van der Waals surface area contributed by atoms with Gasteiger partial charge in [0.05, 0.1) is 12.6 Å². The van der Waals surface area contributed by atoms with Gasteiger partial charge in [0.2, 0.25) is 5.95 Å². The van der Waals surface area contributed by atoms with Crippen molar-refractivity contribution in [1.29, 1.82) is 0 Å². The number of methoxy groups -OCH3 is 1. The molecule has 0 amide bonds. The largest absolute Gasteiger partial charge is 0.494 e. The summed E-state index contributed by atoms with van der Waals surface area (Å²) in [6.07, 6.45) is 0. The van der Waals surface area contributed by atoms with Crippen molar-refractivity contribution in [1.82, 2.24) is 9.55 Å². The van der Waals surface area contributed by atoms with Crippen LogP contribution in [0.3, 0.4) is 0 Å². The van der Waals surface area contributed by atoms with Crippen LogP contribution in [-0.4, -0.2) is 16.7 Å². The molecule has 0 saturated carbocycles. The van der Waals surface area contributed by atoms with Gasteiger partial charge in [-0.1, -0.05) is 6.07 Å². The average Bonchev–Trinajstić information content (AvgIpc) is 3.08. The molecule has 2 aromatic carbocycles. The maximum atomic E-state index is 6.13. The summed E-state index contributed by atoms with van der Waals surface area (Å²) in [4.78, 5) is 4.45. The van der Waals surface area contributed by atoms with E-state index < -0.39 is 0 Å². The van der Waals surface area contributed by atoms with Crippen molar-refractivity contribution in [3.8, 4) is 11.4 Å². The molecule has 0 aliphatic carbocycles. The maximum Gasteiger partial charge on any atom is 0.206 e. The molecular formula is C16H13N3OS. The van der Waals surface area contributed by atoms with Crippen molar-refractivity contribution in [2.24, 2.45) is 0 Å². The first-order chi connectivity index (χ1) is 10.3. The molecule has 2 N–H and O–H groups in total. The number of hydrogen-bond donors (Lipinski definition) is 1. The predicted octanol–water partition coefficient (Wildman–Crippen LogP) is 3.83. The van der Waals surface area contributed by atoms with Gasteiger partial charge in [0.15, 0.2) is 0 Å². The van der Waals surface area contributed by atoms with Crippen LogP contribution in [0, 0.1) is 0 Å². The van der Waals surface area contributed by atoms with Crippen molar-refractivity contribution < 1.29 is 4.74 Å². The summed E-state index contributed by atoms with van der Waals surface area (Å²) in [5, 5.41) is 3.30. The summed E-state index contributed by atoms with van der Waals surface area (Å²) in [7, 11) is 1.64. The predicted molar refractivity (Wildman–Crippen MR) is 87.4 cm³/mol. The number of rotatable bonds is 2. The summed E-state index contributed by atoms with van der Waals surface area (Å²) in [5.41, 5.74) is 8.86. The van der Waals surface area contributed by atoms with Crippen molar-refractivity contribution in [2.75, 3.05) is 12.8 Å². The van der Waals surface area contributed by atoms with Gasteiger partial charge in [-0.2, -0.15) is 0 Å². The molecule has 0 aliphatic rings. The Kier molecular flexibility index (Phi) is 2.62. The molecule has 21 heavy (non-hydrogen) atoms. The van der Waals surface area contributed by atoms with E-state index in [2.05, 4.69) is 34.6 Å². The summed E-state index contributed by atoms with van der Waals surface area (Å²) >= 11 is 1.73. The van der Waals surface area contributed by atoms with Crippen LogP contribution in [0.25, 0.3) is 26.8 Å². The van der Waals surface area contributed by atoms with Crippen LogP contribution in [0.4, 0.5) is 5.95 Å². The lowest BCUT2D eigenvalue weighted by Crippen LogP contribution is -2.00. The lowest BCUT2D eigenvalue weighted by atomic mass is 10.2. The number of imidazole rings is 1. The van der Waals surface area contributed by atoms with Gasteiger partial charge in [0, 0.05) is 10.4 Å². The number of anilines is 1. The Morgan fingerprint density at radius 3 is 2.95 bits per heavy atom. The van der Waals surface area contributed by atoms with Gasteiger partial charge >= 0.3 is 0 Å². The third-order valence-corrected chi connectivity index (χ3v) is 4.49. The Hall–Kier alpha value is -2.53. The van der Waals surface area contributed by atoms with Gasteiger partial charge in [-0.15, -0.1) is 11.3 Å². The van der Waals surface area contributed by atoms with Gasteiger partial charge in [-0.05, 0) is 47.2 Å². The SMILES string of the molecule is COc1cccc2c1nc(N)n2-c1ccc2sccc2c1. The molecule has 5 heteroatoms. The molecule has 104 valence electrons. The first-order valence-electron chi connectivity index (χ1n) is 6.56. The summed E-state index contributed by atoms with van der Waals surface area (Å²) in [5.74, 6) is 1.19. The second kappa shape index (κ2) is 4.49. The minimum Gasteiger partial charge on any atom is -0.494 e. The highest BCUT2D eigenvalue weighted by molar-refractivity contribution is 7.17. The van der Waals surface area contributed by atoms with Gasteiger partial charge < -0.3 is 10.5 Å². The number of nitrogens with two attached hydrogens (primary N) is 1. The molecule has 2 heterocycles. The molecule has 4 rings (SSSR count). The van der Waals surface area contributed by atoms with Crippen LogP contribution < -0.4 is 10.5 Å². The Labute approximate surface area is 125 Å². The summed E-state index contributed by atoms with van der Waals surface area (Å²) < 4.78 is 8.58. The van der Waals surface area contributed by atoms with Crippen molar-refractivity contribution in [3.63, 3.8) is 0 Å². The molecule has 0 spiro atoms. The van der Waals surface area contributed by atoms with E-state index in [1.807, 2.05) is 22.8 Å². The van der Waals surface area contributed by atoms with E-state index in [9.17, 15) is 0 Å². The molecule has 0 radical (unpaired) electrons. The van der Waals surface area contributed by atoms with Crippen LogP contribution >= 0.6 is 11.3 Å². The fourth-order valence-electron chi connectivity index (χ4n) is 2.62. The molecule has 4 aromatic rings. The second-order valence-corrected chi connectivity index (χ2v) is 5.72. The number of para-hydroxylation sites is 1. The number of fused-ring (bicyclic) bond motifs is 2. The monoisotopic (exact) mass is 295 g/mol. The van der Waals surface area contributed by atoms with E-state index in [0.29, 0.717) is 5.95 Å². The molecular weight excluding hydrogens is 282 g/mol. The molecule has 0 bridgehead atoms. The summed E-state index contributed by atoms with van der Waals surface area (Å²) in [6.45, 7) is 0. The highest BCUT2D eigenvalue weighted by atomic mass is 32.1. The first kappa shape index (κ1) is 12.2. The number of aromatic nitrogens is 2. The van der Waals surface area contributed by atoms with E-state index in [-0.39, 0.29) is 0 Å². The van der Waals surface area contributed by atoms with Crippen molar-refractivity contribution in [2.45, 2.75) is 0 Å². The molecule has 2 aromatic heterocycles. The van der Waals surface area contributed by atoms with Crippen molar-refractivity contribution in [3.05, 3.63) is 47.8 Å². The Morgan fingerprint density at radius 1 is 1.19 bits per heavy atom. The molecule has 4 nitrogen and oxygen atoms in total. The zero-order valence-corrected chi connectivity index (χ0v) is 12.2. The molecule has 0 atom stereocenters. The number of thiophene rings is 1. The number of benzene rings is 2. The van der Waals surface area contributed by atoms with Crippen LogP contribution in [0.15, 0.2) is 47.8 Å². The highest BCUT2D eigenvalue weighted by Gasteiger charge is 2.13. The quantitative estimate of drug-likeness (QED) is 0.611. The van der Waals surface area contributed by atoms with Crippen LogP contribution in [0.5, 0.6) is 5.75 Å². The smallest absolute Gasteiger partial charge is 0.206 e. The third kappa shape index (κ3) is 1.78. The fraction of sp³-hybridized carbons (Fsp3) is 0.0625. The summed E-state index contributed by atoms with van der Waals surface area (Å²) in [6, 6.07) is 14.3. The maximum absolute atomic E-state index is 6.13. The lowest BCUT2D eigenvalue weighted by molar-refractivity contribution is 0.419. The van der Waals surface area contributed by atoms with E-state index in [1.54, 1.807) is 18.4 Å². The molecule has 0 saturated heterocycles. The topological polar surface area (TPSA) is 53.1 Å². The minimum atomic E-state index is 0.462. The minimum absolute atomic E-state index is 0.462. The fourth-order valence-corrected chi connectivity index (χ4v) is 3.39. The highest BCUT2D eigenvalue weighted by Crippen LogP contribution is 2.31. The van der Waals surface area contributed by atoms with E-state index in [0.717, 1.165) is 22.5 Å². The van der Waals surface area contributed by atoms with Gasteiger partial charge in [0.1, 0.15) is 11.3 Å². The standard InChI is InChI=1S/C16H13N3OS/c1-20-13-4-2-3-12-15(13)18-16(17)19(12)11-5-6-14-10(9-11)7-8-21-14/h2-9H,1H3,(H2,17,18). The zero-order chi connectivity index (χ0) is 14.4. The average molecular weight is 295 g/mol. The molecule has 0 unspecified atom stereocenters. The number of ether oxygens (including phenoxy) is 1. The van der Waals surface area contributed by atoms with Crippen molar-refractivity contribution >= 4 is 38.4 Å². The Morgan fingerprint density at radius 2 is 2.10 bits per heavy atom. The normalized spacial score (nSPS) is 11.3. The van der Waals surface area contributed by atoms with Crippen LogP contribution in [0.2, 0.25) is 0 Å². The third-order valence-electron chi connectivity index (χ3n) is 3.59. The van der Waals surface area contributed by atoms with Gasteiger partial charge in [-0.25, -0.2) is 4.98 Å². The van der Waals surface area contributed by atoms with E-state index in [1.165, 1.54) is 10.1 Å². The first-order valence-corrected chi connectivity index (χ1v) is 7.44. The number of nitrogen functional groups attached to an aromatic ring is 1.